The van der Waals surface area contributed by atoms with Crippen LogP contribution in [0.2, 0.25) is 0 Å². The first-order chi connectivity index (χ1) is 6.79. The average molecular weight is 210 g/mol. The first kappa shape index (κ1) is 10.1. The summed E-state index contributed by atoms with van der Waals surface area (Å²) in [6, 6.07) is 0. The van der Waals surface area contributed by atoms with Crippen LogP contribution in [-0.2, 0) is 6.42 Å². The highest BCUT2D eigenvalue weighted by Gasteiger charge is 2.26. The summed E-state index contributed by atoms with van der Waals surface area (Å²) in [4.78, 5) is 4.52. The van der Waals surface area contributed by atoms with Crippen LogP contribution in [0.1, 0.15) is 30.0 Å². The number of nitrogens with zero attached hydrogens (tertiary/aromatic N) is 1. The zero-order valence-electron chi connectivity index (χ0n) is 8.70. The minimum atomic E-state index is 0.749. The molecule has 0 radical (unpaired) electrons. The lowest BCUT2D eigenvalue weighted by Crippen LogP contribution is -2.20. The van der Waals surface area contributed by atoms with Crippen LogP contribution < -0.4 is 5.73 Å². The van der Waals surface area contributed by atoms with Gasteiger partial charge in [0, 0.05) is 17.5 Å². The molecule has 78 valence electrons. The average Bonchev–Trinajstić information content (AvgIpc) is 2.76. The van der Waals surface area contributed by atoms with Crippen LogP contribution in [-0.4, -0.2) is 11.5 Å². The van der Waals surface area contributed by atoms with E-state index >= 15 is 0 Å². The SMILES string of the molecule is Cc1csc(CC2CCCC2CN)n1. The van der Waals surface area contributed by atoms with Gasteiger partial charge in [-0.2, -0.15) is 0 Å². The van der Waals surface area contributed by atoms with Crippen molar-refractivity contribution in [3.05, 3.63) is 16.1 Å². The topological polar surface area (TPSA) is 38.9 Å². The molecule has 0 spiro atoms. The Morgan fingerprint density at radius 1 is 1.50 bits per heavy atom. The minimum Gasteiger partial charge on any atom is -0.330 e. The second kappa shape index (κ2) is 4.41. The fraction of sp³-hybridized carbons (Fsp3) is 0.727. The van der Waals surface area contributed by atoms with Gasteiger partial charge in [-0.25, -0.2) is 4.98 Å². The Morgan fingerprint density at radius 2 is 2.29 bits per heavy atom. The normalized spacial score (nSPS) is 27.0. The van der Waals surface area contributed by atoms with Crippen LogP contribution in [0.4, 0.5) is 0 Å². The number of hydrogen-bond donors (Lipinski definition) is 1. The maximum Gasteiger partial charge on any atom is 0.0930 e. The Balaban J connectivity index is 1.96. The molecule has 2 rings (SSSR count). The molecule has 0 amide bonds. The van der Waals surface area contributed by atoms with Crippen molar-refractivity contribution in [2.75, 3.05) is 6.54 Å². The van der Waals surface area contributed by atoms with Crippen molar-refractivity contribution in [2.24, 2.45) is 17.6 Å². The van der Waals surface area contributed by atoms with E-state index in [4.69, 9.17) is 5.73 Å². The number of rotatable bonds is 3. The van der Waals surface area contributed by atoms with Gasteiger partial charge in [0.25, 0.3) is 0 Å². The molecule has 14 heavy (non-hydrogen) atoms. The molecule has 1 aromatic rings. The molecule has 2 atom stereocenters. The second-order valence-electron chi connectivity index (χ2n) is 4.27. The van der Waals surface area contributed by atoms with Gasteiger partial charge in [0.15, 0.2) is 0 Å². The number of aromatic nitrogens is 1. The lowest BCUT2D eigenvalue weighted by atomic mass is 9.93. The van der Waals surface area contributed by atoms with Gasteiger partial charge in [-0.1, -0.05) is 6.42 Å². The van der Waals surface area contributed by atoms with Crippen molar-refractivity contribution in [3.63, 3.8) is 0 Å². The van der Waals surface area contributed by atoms with E-state index < -0.39 is 0 Å². The Labute approximate surface area is 89.5 Å². The molecule has 0 bridgehead atoms. The summed E-state index contributed by atoms with van der Waals surface area (Å²) in [5, 5.41) is 3.44. The largest absolute Gasteiger partial charge is 0.330 e. The molecule has 1 aliphatic carbocycles. The molecule has 3 heteroatoms. The van der Waals surface area contributed by atoms with Crippen molar-refractivity contribution in [1.82, 2.24) is 4.98 Å². The number of thiazole rings is 1. The molecule has 2 N–H and O–H groups in total. The second-order valence-corrected chi connectivity index (χ2v) is 5.22. The molecule has 1 heterocycles. The molecule has 2 unspecified atom stereocenters. The first-order valence-electron chi connectivity index (χ1n) is 5.40. The van der Waals surface area contributed by atoms with Crippen molar-refractivity contribution >= 4 is 11.3 Å². The Hall–Kier alpha value is -0.410. The van der Waals surface area contributed by atoms with Crippen molar-refractivity contribution in [2.45, 2.75) is 32.6 Å². The van der Waals surface area contributed by atoms with Gasteiger partial charge in [0.05, 0.1) is 5.01 Å². The van der Waals surface area contributed by atoms with Crippen LogP contribution in [0.3, 0.4) is 0 Å². The number of nitrogens with two attached hydrogens (primary N) is 1. The van der Waals surface area contributed by atoms with Gasteiger partial charge >= 0.3 is 0 Å². The maximum absolute atomic E-state index is 5.77. The summed E-state index contributed by atoms with van der Waals surface area (Å²) in [5.74, 6) is 1.55. The highest BCUT2D eigenvalue weighted by atomic mass is 32.1. The third kappa shape index (κ3) is 2.15. The molecule has 0 aliphatic heterocycles. The molecule has 1 fully saturated rings. The molecule has 1 aromatic heterocycles. The summed E-state index contributed by atoms with van der Waals surface area (Å²) in [5.41, 5.74) is 6.93. The Bertz CT molecular complexity index is 295. The fourth-order valence-electron chi connectivity index (χ4n) is 2.41. The van der Waals surface area contributed by atoms with Gasteiger partial charge in [0.2, 0.25) is 0 Å². The molecule has 1 saturated carbocycles. The van der Waals surface area contributed by atoms with Gasteiger partial charge in [-0.3, -0.25) is 0 Å². The van der Waals surface area contributed by atoms with E-state index in [-0.39, 0.29) is 0 Å². The van der Waals surface area contributed by atoms with Crippen LogP contribution in [0.15, 0.2) is 5.38 Å². The monoisotopic (exact) mass is 210 g/mol. The molecular weight excluding hydrogens is 192 g/mol. The third-order valence-electron chi connectivity index (χ3n) is 3.22. The Kier molecular flexibility index (Phi) is 3.19. The summed E-state index contributed by atoms with van der Waals surface area (Å²) in [6.45, 7) is 2.92. The summed E-state index contributed by atoms with van der Waals surface area (Å²) < 4.78 is 0. The summed E-state index contributed by atoms with van der Waals surface area (Å²) in [7, 11) is 0. The number of aryl methyl sites for hydroxylation is 1. The molecule has 1 aliphatic rings. The number of hydrogen-bond acceptors (Lipinski definition) is 3. The summed E-state index contributed by atoms with van der Waals surface area (Å²) in [6.07, 6.45) is 5.18. The highest BCUT2D eigenvalue weighted by Crippen LogP contribution is 2.33. The molecule has 0 saturated heterocycles. The van der Waals surface area contributed by atoms with Gasteiger partial charge in [0.1, 0.15) is 0 Å². The van der Waals surface area contributed by atoms with E-state index in [2.05, 4.69) is 17.3 Å². The molecular formula is C11H18N2S. The molecule has 0 aromatic carbocycles. The van der Waals surface area contributed by atoms with E-state index in [0.717, 1.165) is 30.5 Å². The van der Waals surface area contributed by atoms with Gasteiger partial charge in [-0.15, -0.1) is 11.3 Å². The fourth-order valence-corrected chi connectivity index (χ4v) is 3.28. The van der Waals surface area contributed by atoms with Crippen molar-refractivity contribution in [3.8, 4) is 0 Å². The maximum atomic E-state index is 5.77. The minimum absolute atomic E-state index is 0.749. The lowest BCUT2D eigenvalue weighted by molar-refractivity contribution is 0.394. The predicted molar refractivity (Wildman–Crippen MR) is 60.4 cm³/mol. The van der Waals surface area contributed by atoms with E-state index in [1.165, 1.54) is 24.3 Å². The summed E-state index contributed by atoms with van der Waals surface area (Å²) >= 11 is 1.80. The standard InChI is InChI=1S/C11H18N2S/c1-8-7-14-11(13-8)5-9-3-2-4-10(9)6-12/h7,9-10H,2-6,12H2,1H3. The van der Waals surface area contributed by atoms with Crippen LogP contribution in [0, 0.1) is 18.8 Å². The van der Waals surface area contributed by atoms with Crippen LogP contribution in [0.25, 0.3) is 0 Å². The van der Waals surface area contributed by atoms with Crippen LogP contribution >= 0.6 is 11.3 Å². The van der Waals surface area contributed by atoms with E-state index in [1.807, 2.05) is 0 Å². The zero-order chi connectivity index (χ0) is 9.97. The van der Waals surface area contributed by atoms with E-state index in [9.17, 15) is 0 Å². The zero-order valence-corrected chi connectivity index (χ0v) is 9.52. The van der Waals surface area contributed by atoms with Crippen molar-refractivity contribution in [1.29, 1.82) is 0 Å². The molecule has 2 nitrogen and oxygen atoms in total. The highest BCUT2D eigenvalue weighted by molar-refractivity contribution is 7.09. The van der Waals surface area contributed by atoms with Crippen molar-refractivity contribution < 1.29 is 0 Å². The predicted octanol–water partition coefficient (Wildman–Crippen LogP) is 2.37. The van der Waals surface area contributed by atoms with Gasteiger partial charge in [-0.05, 0) is 38.1 Å². The van der Waals surface area contributed by atoms with Gasteiger partial charge < -0.3 is 5.73 Å². The third-order valence-corrected chi connectivity index (χ3v) is 4.21. The van der Waals surface area contributed by atoms with Crippen LogP contribution in [0.5, 0.6) is 0 Å². The Morgan fingerprint density at radius 3 is 2.93 bits per heavy atom. The first-order valence-corrected chi connectivity index (χ1v) is 6.28. The smallest absolute Gasteiger partial charge is 0.0930 e. The quantitative estimate of drug-likeness (QED) is 0.832. The van der Waals surface area contributed by atoms with E-state index in [0.29, 0.717) is 0 Å². The van der Waals surface area contributed by atoms with E-state index in [1.54, 1.807) is 11.3 Å². The lowest BCUT2D eigenvalue weighted by Gasteiger charge is -2.15.